The van der Waals surface area contributed by atoms with E-state index in [0.717, 1.165) is 22.6 Å². The zero-order valence-corrected chi connectivity index (χ0v) is 15.3. The number of hydrogen-bond acceptors (Lipinski definition) is 4. The Kier molecular flexibility index (Phi) is 5.14. The number of halogens is 1. The minimum absolute atomic E-state index is 0.0993. The SMILES string of the molecule is Cc1cccnc1C(c1ccc(Br)s1)N1CCC(C(=O)O)CC1. The van der Waals surface area contributed by atoms with Gasteiger partial charge in [0.15, 0.2) is 0 Å². The number of carbonyl (C=O) groups is 1. The van der Waals surface area contributed by atoms with Gasteiger partial charge in [-0.3, -0.25) is 14.7 Å². The van der Waals surface area contributed by atoms with Crippen LogP contribution in [-0.2, 0) is 4.79 Å². The Balaban J connectivity index is 1.91. The van der Waals surface area contributed by atoms with Gasteiger partial charge in [0.1, 0.15) is 0 Å². The van der Waals surface area contributed by atoms with Crippen molar-refractivity contribution in [2.24, 2.45) is 5.92 Å². The predicted octanol–water partition coefficient (Wildman–Crippen LogP) is 4.10. The number of nitrogens with zero attached hydrogens (tertiary/aromatic N) is 2. The molecule has 1 saturated heterocycles. The monoisotopic (exact) mass is 394 g/mol. The highest BCUT2D eigenvalue weighted by Crippen LogP contribution is 2.37. The van der Waals surface area contributed by atoms with Gasteiger partial charge in [-0.05, 0) is 72.5 Å². The molecular formula is C17H19BrN2O2S. The molecule has 0 aromatic carbocycles. The first kappa shape index (κ1) is 16.6. The van der Waals surface area contributed by atoms with Gasteiger partial charge >= 0.3 is 5.97 Å². The first-order chi connectivity index (χ1) is 11.1. The second-order valence-electron chi connectivity index (χ2n) is 5.90. The summed E-state index contributed by atoms with van der Waals surface area (Å²) in [5.74, 6) is -0.888. The third kappa shape index (κ3) is 3.65. The number of aromatic nitrogens is 1. The molecule has 0 aliphatic carbocycles. The van der Waals surface area contributed by atoms with E-state index in [-0.39, 0.29) is 12.0 Å². The second kappa shape index (κ2) is 7.11. The van der Waals surface area contributed by atoms with Crippen LogP contribution in [0.3, 0.4) is 0 Å². The number of aryl methyl sites for hydroxylation is 1. The fraction of sp³-hybridized carbons (Fsp3) is 0.412. The van der Waals surface area contributed by atoms with Gasteiger partial charge in [-0.15, -0.1) is 11.3 Å². The van der Waals surface area contributed by atoms with E-state index in [0.29, 0.717) is 12.8 Å². The van der Waals surface area contributed by atoms with Crippen LogP contribution in [-0.4, -0.2) is 34.0 Å². The van der Waals surface area contributed by atoms with Crippen LogP contribution in [0.2, 0.25) is 0 Å². The lowest BCUT2D eigenvalue weighted by Gasteiger charge is -2.36. The number of carboxylic acid groups (broad SMARTS) is 1. The fourth-order valence-corrected chi connectivity index (χ4v) is 4.71. The maximum Gasteiger partial charge on any atom is 0.306 e. The molecule has 2 aromatic rings. The van der Waals surface area contributed by atoms with E-state index in [9.17, 15) is 9.90 Å². The van der Waals surface area contributed by atoms with Crippen LogP contribution in [0.15, 0.2) is 34.2 Å². The molecule has 6 heteroatoms. The van der Waals surface area contributed by atoms with Crippen molar-refractivity contribution in [1.82, 2.24) is 9.88 Å². The van der Waals surface area contributed by atoms with Crippen molar-refractivity contribution in [1.29, 1.82) is 0 Å². The van der Waals surface area contributed by atoms with Crippen molar-refractivity contribution in [3.05, 3.63) is 50.4 Å². The summed E-state index contributed by atoms with van der Waals surface area (Å²) in [5.41, 5.74) is 2.23. The predicted molar refractivity (Wildman–Crippen MR) is 94.8 cm³/mol. The fourth-order valence-electron chi connectivity index (χ4n) is 3.15. The Morgan fingerprint density at radius 1 is 1.39 bits per heavy atom. The number of likely N-dealkylation sites (tertiary alicyclic amines) is 1. The lowest BCUT2D eigenvalue weighted by atomic mass is 9.94. The van der Waals surface area contributed by atoms with E-state index in [2.05, 4.69) is 50.9 Å². The van der Waals surface area contributed by atoms with Gasteiger partial charge in [-0.1, -0.05) is 6.07 Å². The largest absolute Gasteiger partial charge is 0.481 e. The summed E-state index contributed by atoms with van der Waals surface area (Å²) < 4.78 is 1.10. The molecule has 1 atom stereocenters. The van der Waals surface area contributed by atoms with Crippen LogP contribution >= 0.6 is 27.3 Å². The van der Waals surface area contributed by atoms with Crippen LogP contribution in [0.4, 0.5) is 0 Å². The summed E-state index contributed by atoms with van der Waals surface area (Å²) >= 11 is 5.26. The van der Waals surface area contributed by atoms with E-state index in [1.165, 1.54) is 10.4 Å². The van der Waals surface area contributed by atoms with E-state index < -0.39 is 5.97 Å². The Morgan fingerprint density at radius 2 is 2.13 bits per heavy atom. The lowest BCUT2D eigenvalue weighted by molar-refractivity contribution is -0.143. The van der Waals surface area contributed by atoms with E-state index in [1.807, 2.05) is 12.3 Å². The zero-order chi connectivity index (χ0) is 16.4. The molecule has 3 rings (SSSR count). The van der Waals surface area contributed by atoms with Crippen molar-refractivity contribution in [2.75, 3.05) is 13.1 Å². The van der Waals surface area contributed by atoms with Crippen LogP contribution in [0.25, 0.3) is 0 Å². The molecule has 0 saturated carbocycles. The molecule has 0 radical (unpaired) electrons. The third-order valence-corrected chi connectivity index (χ3v) is 6.09. The molecule has 1 aliphatic rings. The number of piperidine rings is 1. The molecule has 1 fully saturated rings. The Bertz CT molecular complexity index is 695. The highest BCUT2D eigenvalue weighted by Gasteiger charge is 2.32. The standard InChI is InChI=1S/C17H19BrN2O2S/c1-11-3-2-8-19-15(11)16(13-4-5-14(18)23-13)20-9-6-12(7-10-20)17(21)22/h2-5,8,12,16H,6-7,9-10H2,1H3,(H,21,22). The highest BCUT2D eigenvalue weighted by atomic mass is 79.9. The van der Waals surface area contributed by atoms with Crippen LogP contribution in [0.5, 0.6) is 0 Å². The number of pyridine rings is 1. The molecule has 1 unspecified atom stereocenters. The first-order valence-electron chi connectivity index (χ1n) is 7.70. The van der Waals surface area contributed by atoms with Gasteiger partial charge in [0.05, 0.1) is 21.4 Å². The Hall–Kier alpha value is -1.24. The maximum absolute atomic E-state index is 11.2. The number of carboxylic acids is 1. The van der Waals surface area contributed by atoms with Gasteiger partial charge in [-0.2, -0.15) is 0 Å². The van der Waals surface area contributed by atoms with Gasteiger partial charge < -0.3 is 5.11 Å². The van der Waals surface area contributed by atoms with Crippen LogP contribution in [0.1, 0.15) is 35.0 Å². The minimum atomic E-state index is -0.672. The van der Waals surface area contributed by atoms with Crippen molar-refractivity contribution >= 4 is 33.2 Å². The summed E-state index contributed by atoms with van der Waals surface area (Å²) in [6, 6.07) is 8.34. The van der Waals surface area contributed by atoms with Gasteiger partial charge in [-0.25, -0.2) is 0 Å². The first-order valence-corrected chi connectivity index (χ1v) is 9.31. The van der Waals surface area contributed by atoms with E-state index >= 15 is 0 Å². The summed E-state index contributed by atoms with van der Waals surface area (Å²) in [4.78, 5) is 19.4. The number of rotatable bonds is 4. The van der Waals surface area contributed by atoms with Crippen molar-refractivity contribution in [3.8, 4) is 0 Å². The molecule has 2 aromatic heterocycles. The van der Waals surface area contributed by atoms with Crippen LogP contribution < -0.4 is 0 Å². The molecule has 4 nitrogen and oxygen atoms in total. The summed E-state index contributed by atoms with van der Waals surface area (Å²) in [6.45, 7) is 3.66. The Morgan fingerprint density at radius 3 is 2.70 bits per heavy atom. The average molecular weight is 395 g/mol. The smallest absolute Gasteiger partial charge is 0.306 e. The number of hydrogen-bond donors (Lipinski definition) is 1. The average Bonchev–Trinajstić information content (AvgIpc) is 2.96. The summed E-state index contributed by atoms with van der Waals surface area (Å²) in [5, 5.41) is 9.21. The molecule has 0 bridgehead atoms. The maximum atomic E-state index is 11.2. The molecule has 1 N–H and O–H groups in total. The van der Waals surface area contributed by atoms with Crippen molar-refractivity contribution < 1.29 is 9.90 Å². The molecular weight excluding hydrogens is 376 g/mol. The normalized spacial score (nSPS) is 18.0. The number of aliphatic carboxylic acids is 1. The van der Waals surface area contributed by atoms with Crippen molar-refractivity contribution in [2.45, 2.75) is 25.8 Å². The molecule has 23 heavy (non-hydrogen) atoms. The molecule has 0 spiro atoms. The molecule has 122 valence electrons. The van der Waals surface area contributed by atoms with Gasteiger partial charge in [0.25, 0.3) is 0 Å². The summed E-state index contributed by atoms with van der Waals surface area (Å²) in [7, 11) is 0. The van der Waals surface area contributed by atoms with E-state index in [1.54, 1.807) is 11.3 Å². The third-order valence-electron chi connectivity index (χ3n) is 4.42. The quantitative estimate of drug-likeness (QED) is 0.847. The van der Waals surface area contributed by atoms with Crippen molar-refractivity contribution in [3.63, 3.8) is 0 Å². The van der Waals surface area contributed by atoms with Gasteiger partial charge in [0.2, 0.25) is 0 Å². The number of thiophene rings is 1. The molecule has 3 heterocycles. The lowest BCUT2D eigenvalue weighted by Crippen LogP contribution is -2.39. The molecule has 1 aliphatic heterocycles. The second-order valence-corrected chi connectivity index (χ2v) is 8.39. The topological polar surface area (TPSA) is 53.4 Å². The van der Waals surface area contributed by atoms with Crippen LogP contribution in [0, 0.1) is 12.8 Å². The zero-order valence-electron chi connectivity index (χ0n) is 12.9. The minimum Gasteiger partial charge on any atom is -0.481 e. The van der Waals surface area contributed by atoms with E-state index in [4.69, 9.17) is 0 Å². The highest BCUT2D eigenvalue weighted by molar-refractivity contribution is 9.11. The summed E-state index contributed by atoms with van der Waals surface area (Å²) in [6.07, 6.45) is 3.23. The molecule has 0 amide bonds. The van der Waals surface area contributed by atoms with Gasteiger partial charge in [0, 0.05) is 11.1 Å². The Labute approximate surface area is 148 Å².